The van der Waals surface area contributed by atoms with Crippen molar-refractivity contribution in [1.82, 2.24) is 9.29 Å². The monoisotopic (exact) mass is 368 g/mol. The molecule has 0 spiro atoms. The van der Waals surface area contributed by atoms with E-state index in [9.17, 15) is 13.2 Å². The van der Waals surface area contributed by atoms with E-state index in [4.69, 9.17) is 11.6 Å². The van der Waals surface area contributed by atoms with Gasteiger partial charge < -0.3 is 0 Å². The molecule has 1 aromatic heterocycles. The summed E-state index contributed by atoms with van der Waals surface area (Å²) in [5.41, 5.74) is 1.66. The second-order valence-corrected chi connectivity index (χ2v) is 8.23. The summed E-state index contributed by atoms with van der Waals surface area (Å²) in [6.07, 6.45) is 0. The Kier molecular flexibility index (Phi) is 4.29. The molecule has 5 nitrogen and oxygen atoms in total. The van der Waals surface area contributed by atoms with Crippen molar-refractivity contribution in [1.29, 1.82) is 0 Å². The molecule has 3 rings (SSSR count). The van der Waals surface area contributed by atoms with Gasteiger partial charge in [0.15, 0.2) is 0 Å². The Hall–Kier alpha value is -1.67. The van der Waals surface area contributed by atoms with Crippen LogP contribution in [0.3, 0.4) is 0 Å². The van der Waals surface area contributed by atoms with Gasteiger partial charge in [-0.3, -0.25) is 9.36 Å². The molecule has 120 valence electrons. The van der Waals surface area contributed by atoms with Crippen molar-refractivity contribution < 1.29 is 8.42 Å². The van der Waals surface area contributed by atoms with Gasteiger partial charge in [-0.2, -0.15) is 0 Å². The number of fused-ring (bicyclic) bond motifs is 1. The fourth-order valence-corrected chi connectivity index (χ4v) is 4.14. The van der Waals surface area contributed by atoms with E-state index in [1.165, 1.54) is 19.2 Å². The Morgan fingerprint density at radius 1 is 1.17 bits per heavy atom. The van der Waals surface area contributed by atoms with Crippen molar-refractivity contribution in [3.8, 4) is 0 Å². The highest BCUT2D eigenvalue weighted by molar-refractivity contribution is 7.89. The highest BCUT2D eigenvalue weighted by Gasteiger charge is 2.15. The van der Waals surface area contributed by atoms with Gasteiger partial charge in [-0.05, 0) is 42.9 Å². The molecule has 8 heteroatoms. The van der Waals surface area contributed by atoms with E-state index >= 15 is 0 Å². The first-order chi connectivity index (χ1) is 10.9. The van der Waals surface area contributed by atoms with Gasteiger partial charge in [0.1, 0.15) is 0 Å². The minimum atomic E-state index is -3.53. The molecule has 0 aliphatic heterocycles. The first-order valence-electron chi connectivity index (χ1n) is 6.72. The number of halogens is 1. The van der Waals surface area contributed by atoms with Crippen LogP contribution in [0.4, 0.5) is 0 Å². The second kappa shape index (κ2) is 6.09. The van der Waals surface area contributed by atoms with Crippen molar-refractivity contribution >= 4 is 43.2 Å². The van der Waals surface area contributed by atoms with Gasteiger partial charge in [0.2, 0.25) is 10.0 Å². The van der Waals surface area contributed by atoms with E-state index in [1.807, 2.05) is 12.1 Å². The topological polar surface area (TPSA) is 68.2 Å². The van der Waals surface area contributed by atoms with Crippen LogP contribution < -0.4 is 9.60 Å². The molecule has 3 aromatic rings. The molecule has 0 fully saturated rings. The third kappa shape index (κ3) is 3.18. The summed E-state index contributed by atoms with van der Waals surface area (Å²) >= 11 is 6.90. The number of nitrogens with zero attached hydrogens (tertiary/aromatic N) is 1. The molecule has 0 saturated carbocycles. The first-order valence-corrected chi connectivity index (χ1v) is 9.40. The minimum absolute atomic E-state index is 0.131. The predicted molar refractivity (Wildman–Crippen MR) is 92.9 cm³/mol. The Morgan fingerprint density at radius 2 is 1.87 bits per heavy atom. The summed E-state index contributed by atoms with van der Waals surface area (Å²) in [5.74, 6) is 0. The summed E-state index contributed by atoms with van der Waals surface area (Å²) in [4.78, 5) is 12.2. The van der Waals surface area contributed by atoms with Gasteiger partial charge in [0, 0.05) is 5.02 Å². The summed E-state index contributed by atoms with van der Waals surface area (Å²) in [6.45, 7) is 0.411. The van der Waals surface area contributed by atoms with E-state index in [0.29, 0.717) is 21.8 Å². The molecular weight excluding hydrogens is 356 g/mol. The average Bonchev–Trinajstić information content (AvgIpc) is 2.84. The van der Waals surface area contributed by atoms with E-state index in [0.717, 1.165) is 16.9 Å². The summed E-state index contributed by atoms with van der Waals surface area (Å²) < 4.78 is 28.2. The molecule has 0 aliphatic carbocycles. The van der Waals surface area contributed by atoms with Crippen molar-refractivity contribution in [3.63, 3.8) is 0 Å². The molecular formula is C15H13ClN2O3S2. The highest BCUT2D eigenvalue weighted by Crippen LogP contribution is 2.22. The third-order valence-corrected chi connectivity index (χ3v) is 6.08. The van der Waals surface area contributed by atoms with Crippen LogP contribution in [0.15, 0.2) is 52.2 Å². The molecule has 0 saturated heterocycles. The molecule has 23 heavy (non-hydrogen) atoms. The van der Waals surface area contributed by atoms with Crippen LogP contribution in [-0.4, -0.2) is 20.0 Å². The fraction of sp³-hybridized carbons (Fsp3) is 0.133. The van der Waals surface area contributed by atoms with Gasteiger partial charge in [-0.1, -0.05) is 35.1 Å². The van der Waals surface area contributed by atoms with E-state index in [1.54, 1.807) is 22.8 Å². The summed E-state index contributed by atoms with van der Waals surface area (Å²) in [5, 5.41) is 0.637. The largest absolute Gasteiger partial charge is 0.308 e. The predicted octanol–water partition coefficient (Wildman–Crippen LogP) is 2.67. The zero-order chi connectivity index (χ0) is 16.6. The summed E-state index contributed by atoms with van der Waals surface area (Å²) in [7, 11) is -2.17. The molecule has 1 N–H and O–H groups in total. The SMILES string of the molecule is CNS(=O)(=O)c1ccc2c(c1)sc(=O)n2Cc1ccc(Cl)cc1. The van der Waals surface area contributed by atoms with Crippen LogP contribution in [0.5, 0.6) is 0 Å². The van der Waals surface area contributed by atoms with Gasteiger partial charge in [0.25, 0.3) is 0 Å². The van der Waals surface area contributed by atoms with Gasteiger partial charge in [0.05, 0.1) is 21.7 Å². The Balaban J connectivity index is 2.07. The number of aromatic nitrogens is 1. The Labute approximate surface area is 142 Å². The van der Waals surface area contributed by atoms with Crippen LogP contribution >= 0.6 is 22.9 Å². The van der Waals surface area contributed by atoms with Crippen molar-refractivity contribution in [3.05, 3.63) is 62.7 Å². The lowest BCUT2D eigenvalue weighted by molar-refractivity contribution is 0.588. The summed E-state index contributed by atoms with van der Waals surface area (Å²) in [6, 6.07) is 11.9. The van der Waals surface area contributed by atoms with E-state index in [-0.39, 0.29) is 9.77 Å². The Bertz CT molecular complexity index is 1020. The minimum Gasteiger partial charge on any atom is -0.294 e. The lowest BCUT2D eigenvalue weighted by atomic mass is 10.2. The number of rotatable bonds is 4. The maximum absolute atomic E-state index is 12.2. The van der Waals surface area contributed by atoms with Crippen LogP contribution in [-0.2, 0) is 16.6 Å². The zero-order valence-corrected chi connectivity index (χ0v) is 14.5. The Morgan fingerprint density at radius 3 is 2.52 bits per heavy atom. The standard InChI is InChI=1S/C15H13ClN2O3S2/c1-17-23(20,21)12-6-7-13-14(8-12)22-15(19)18(13)9-10-2-4-11(16)5-3-10/h2-8,17H,9H2,1H3. The smallest absolute Gasteiger partial charge is 0.294 e. The van der Waals surface area contributed by atoms with Crippen LogP contribution in [0.25, 0.3) is 10.2 Å². The molecule has 0 unspecified atom stereocenters. The zero-order valence-electron chi connectivity index (χ0n) is 12.1. The number of thiazole rings is 1. The van der Waals surface area contributed by atoms with Crippen LogP contribution in [0, 0.1) is 0 Å². The molecule has 0 amide bonds. The molecule has 0 bridgehead atoms. The normalized spacial score (nSPS) is 11.9. The molecule has 2 aromatic carbocycles. The van der Waals surface area contributed by atoms with Gasteiger partial charge in [-0.25, -0.2) is 13.1 Å². The van der Waals surface area contributed by atoms with Crippen molar-refractivity contribution in [2.75, 3.05) is 7.05 Å². The number of hydrogen-bond acceptors (Lipinski definition) is 4. The van der Waals surface area contributed by atoms with Crippen molar-refractivity contribution in [2.24, 2.45) is 0 Å². The quantitative estimate of drug-likeness (QED) is 0.769. The number of sulfonamides is 1. The average molecular weight is 369 g/mol. The first kappa shape index (κ1) is 16.2. The van der Waals surface area contributed by atoms with Crippen LogP contribution in [0.2, 0.25) is 5.02 Å². The number of benzene rings is 2. The van der Waals surface area contributed by atoms with Gasteiger partial charge in [-0.15, -0.1) is 0 Å². The molecule has 0 aliphatic rings. The third-order valence-electron chi connectivity index (χ3n) is 3.47. The number of nitrogens with one attached hydrogen (secondary N) is 1. The lowest BCUT2D eigenvalue weighted by Gasteiger charge is -2.06. The lowest BCUT2D eigenvalue weighted by Crippen LogP contribution is -2.18. The highest BCUT2D eigenvalue weighted by atomic mass is 35.5. The molecule has 0 radical (unpaired) electrons. The number of hydrogen-bond donors (Lipinski definition) is 1. The van der Waals surface area contributed by atoms with Crippen LogP contribution in [0.1, 0.15) is 5.56 Å². The van der Waals surface area contributed by atoms with E-state index in [2.05, 4.69) is 4.72 Å². The fourth-order valence-electron chi connectivity index (χ4n) is 2.25. The van der Waals surface area contributed by atoms with E-state index < -0.39 is 10.0 Å². The van der Waals surface area contributed by atoms with Gasteiger partial charge >= 0.3 is 4.87 Å². The maximum Gasteiger partial charge on any atom is 0.308 e. The maximum atomic E-state index is 12.2. The van der Waals surface area contributed by atoms with Crippen molar-refractivity contribution in [2.45, 2.75) is 11.4 Å². The molecule has 1 heterocycles. The second-order valence-electron chi connectivity index (χ2n) is 4.92. The molecule has 0 atom stereocenters.